The van der Waals surface area contributed by atoms with E-state index in [1.165, 1.54) is 12.4 Å². The van der Waals surface area contributed by atoms with Crippen molar-refractivity contribution in [3.05, 3.63) is 82.9 Å². The van der Waals surface area contributed by atoms with Gasteiger partial charge in [0.25, 0.3) is 5.91 Å². The van der Waals surface area contributed by atoms with Crippen LogP contribution in [0.15, 0.2) is 60.0 Å². The fourth-order valence-corrected chi connectivity index (χ4v) is 2.82. The Morgan fingerprint density at radius 2 is 1.85 bits per heavy atom. The summed E-state index contributed by atoms with van der Waals surface area (Å²) >= 11 is 0. The van der Waals surface area contributed by atoms with Crippen molar-refractivity contribution in [2.24, 2.45) is 5.10 Å². The molecule has 0 spiro atoms. The van der Waals surface area contributed by atoms with Gasteiger partial charge >= 0.3 is 5.97 Å². The van der Waals surface area contributed by atoms with E-state index in [9.17, 15) is 14.7 Å². The van der Waals surface area contributed by atoms with E-state index in [4.69, 9.17) is 0 Å². The maximum Gasteiger partial charge on any atom is 0.335 e. The van der Waals surface area contributed by atoms with Crippen molar-refractivity contribution in [2.45, 2.75) is 13.8 Å². The molecule has 0 radical (unpaired) electrons. The SMILES string of the molecule is Cc1cc(C=NNC(=O)c2ccncc2)c(C)n1-c1cccc(C(=O)O)c1. The molecule has 2 N–H and O–H groups in total. The first kappa shape index (κ1) is 18.1. The fourth-order valence-electron chi connectivity index (χ4n) is 2.82. The molecular formula is C20H18N4O3. The van der Waals surface area contributed by atoms with Crippen LogP contribution in [0, 0.1) is 13.8 Å². The van der Waals surface area contributed by atoms with E-state index in [0.717, 1.165) is 22.6 Å². The highest BCUT2D eigenvalue weighted by Gasteiger charge is 2.11. The van der Waals surface area contributed by atoms with Crippen LogP contribution in [0.2, 0.25) is 0 Å². The lowest BCUT2D eigenvalue weighted by atomic mass is 10.2. The number of nitrogens with one attached hydrogen (secondary N) is 1. The summed E-state index contributed by atoms with van der Waals surface area (Å²) in [6, 6.07) is 11.9. The molecule has 0 bridgehead atoms. The van der Waals surface area contributed by atoms with Crippen molar-refractivity contribution < 1.29 is 14.7 Å². The molecule has 1 amide bonds. The maximum absolute atomic E-state index is 12.0. The van der Waals surface area contributed by atoms with E-state index in [1.54, 1.807) is 36.5 Å². The molecule has 0 unspecified atom stereocenters. The van der Waals surface area contributed by atoms with Gasteiger partial charge in [-0.05, 0) is 50.2 Å². The number of hydrazone groups is 1. The molecule has 0 saturated heterocycles. The molecular weight excluding hydrogens is 344 g/mol. The fraction of sp³-hybridized carbons (Fsp3) is 0.100. The Kier molecular flexibility index (Phi) is 5.12. The van der Waals surface area contributed by atoms with Crippen molar-refractivity contribution >= 4 is 18.1 Å². The zero-order chi connectivity index (χ0) is 19.4. The van der Waals surface area contributed by atoms with Gasteiger partial charge in [-0.15, -0.1) is 0 Å². The number of pyridine rings is 1. The van der Waals surface area contributed by atoms with Crippen LogP contribution in [-0.4, -0.2) is 32.7 Å². The summed E-state index contributed by atoms with van der Waals surface area (Å²) in [6.45, 7) is 3.83. The number of aromatic nitrogens is 2. The zero-order valence-corrected chi connectivity index (χ0v) is 14.9. The third-order valence-corrected chi connectivity index (χ3v) is 4.13. The molecule has 1 aromatic carbocycles. The highest BCUT2D eigenvalue weighted by Crippen LogP contribution is 2.20. The lowest BCUT2D eigenvalue weighted by molar-refractivity contribution is 0.0696. The number of benzene rings is 1. The van der Waals surface area contributed by atoms with Crippen LogP contribution in [0.1, 0.15) is 37.7 Å². The number of rotatable bonds is 5. The van der Waals surface area contributed by atoms with Crippen molar-refractivity contribution in [2.75, 3.05) is 0 Å². The van der Waals surface area contributed by atoms with E-state index < -0.39 is 5.97 Å². The van der Waals surface area contributed by atoms with E-state index in [1.807, 2.05) is 30.5 Å². The number of aryl methyl sites for hydroxylation is 1. The van der Waals surface area contributed by atoms with Gasteiger partial charge in [0.2, 0.25) is 0 Å². The van der Waals surface area contributed by atoms with Crippen LogP contribution in [-0.2, 0) is 0 Å². The van der Waals surface area contributed by atoms with Crippen LogP contribution in [0.3, 0.4) is 0 Å². The molecule has 3 aromatic rings. The second-order valence-corrected chi connectivity index (χ2v) is 5.95. The average Bonchev–Trinajstić information content (AvgIpc) is 2.96. The molecule has 3 rings (SSSR count). The highest BCUT2D eigenvalue weighted by atomic mass is 16.4. The van der Waals surface area contributed by atoms with Gasteiger partial charge < -0.3 is 9.67 Å². The minimum absolute atomic E-state index is 0.222. The number of nitrogens with zero attached hydrogens (tertiary/aromatic N) is 3. The molecule has 2 heterocycles. The maximum atomic E-state index is 12.0. The normalized spacial score (nSPS) is 10.9. The van der Waals surface area contributed by atoms with Gasteiger partial charge in [-0.25, -0.2) is 10.2 Å². The van der Waals surface area contributed by atoms with Crippen LogP contribution < -0.4 is 5.43 Å². The first-order valence-corrected chi connectivity index (χ1v) is 8.23. The van der Waals surface area contributed by atoms with Gasteiger partial charge in [-0.2, -0.15) is 5.10 Å². The first-order valence-electron chi connectivity index (χ1n) is 8.23. The van der Waals surface area contributed by atoms with Crippen molar-refractivity contribution in [1.29, 1.82) is 0 Å². The van der Waals surface area contributed by atoms with Gasteiger partial charge in [0.1, 0.15) is 0 Å². The number of carboxylic acids is 1. The molecule has 27 heavy (non-hydrogen) atoms. The van der Waals surface area contributed by atoms with Crippen molar-refractivity contribution in [3.8, 4) is 5.69 Å². The second kappa shape index (κ2) is 7.65. The first-order chi connectivity index (χ1) is 13.0. The lowest BCUT2D eigenvalue weighted by Gasteiger charge is -2.10. The summed E-state index contributed by atoms with van der Waals surface area (Å²) in [5.41, 5.74) is 6.57. The van der Waals surface area contributed by atoms with E-state index >= 15 is 0 Å². The highest BCUT2D eigenvalue weighted by molar-refractivity contribution is 5.94. The number of carbonyl (C=O) groups is 2. The number of hydrogen-bond acceptors (Lipinski definition) is 4. The van der Waals surface area contributed by atoms with E-state index in [-0.39, 0.29) is 11.5 Å². The number of amides is 1. The molecule has 0 aliphatic heterocycles. The van der Waals surface area contributed by atoms with Gasteiger partial charge in [0, 0.05) is 40.6 Å². The molecule has 0 saturated carbocycles. The largest absolute Gasteiger partial charge is 0.478 e. The Bertz CT molecular complexity index is 1020. The number of carboxylic acid groups (broad SMARTS) is 1. The summed E-state index contributed by atoms with van der Waals surface area (Å²) in [4.78, 5) is 27.1. The number of aromatic carboxylic acids is 1. The molecule has 0 aliphatic carbocycles. The third-order valence-electron chi connectivity index (χ3n) is 4.13. The molecule has 0 fully saturated rings. The summed E-state index contributed by atoms with van der Waals surface area (Å²) < 4.78 is 1.94. The van der Waals surface area contributed by atoms with Crippen LogP contribution in [0.4, 0.5) is 0 Å². The summed E-state index contributed by atoms with van der Waals surface area (Å²) in [5.74, 6) is -1.29. The van der Waals surface area contributed by atoms with Gasteiger partial charge in [0.05, 0.1) is 11.8 Å². The summed E-state index contributed by atoms with van der Waals surface area (Å²) in [6.07, 6.45) is 4.65. The van der Waals surface area contributed by atoms with E-state index in [2.05, 4.69) is 15.5 Å². The Morgan fingerprint density at radius 3 is 2.56 bits per heavy atom. The zero-order valence-electron chi connectivity index (χ0n) is 14.9. The van der Waals surface area contributed by atoms with Crippen LogP contribution in [0.25, 0.3) is 5.69 Å². The minimum Gasteiger partial charge on any atom is -0.478 e. The number of hydrogen-bond donors (Lipinski definition) is 2. The van der Waals surface area contributed by atoms with Crippen molar-refractivity contribution in [3.63, 3.8) is 0 Å². The third kappa shape index (κ3) is 3.92. The molecule has 2 aromatic heterocycles. The lowest BCUT2D eigenvalue weighted by Crippen LogP contribution is -2.17. The second-order valence-electron chi connectivity index (χ2n) is 5.95. The van der Waals surface area contributed by atoms with Gasteiger partial charge in [0.15, 0.2) is 0 Å². The van der Waals surface area contributed by atoms with Crippen LogP contribution >= 0.6 is 0 Å². The standard InChI is InChI=1S/C20H18N4O3/c1-13-10-17(12-22-23-19(25)15-6-8-21-9-7-15)14(2)24(13)18-5-3-4-16(11-18)20(26)27/h3-12H,1-2H3,(H,23,25)(H,26,27). The van der Waals surface area contributed by atoms with Crippen LogP contribution in [0.5, 0.6) is 0 Å². The Morgan fingerprint density at radius 1 is 1.11 bits per heavy atom. The minimum atomic E-state index is -0.972. The molecule has 0 atom stereocenters. The monoisotopic (exact) mass is 362 g/mol. The predicted octanol–water partition coefficient (Wildman–Crippen LogP) is 2.95. The topological polar surface area (TPSA) is 96.6 Å². The summed E-state index contributed by atoms with van der Waals surface area (Å²) in [7, 11) is 0. The van der Waals surface area contributed by atoms with Gasteiger partial charge in [-0.3, -0.25) is 9.78 Å². The average molecular weight is 362 g/mol. The molecule has 7 heteroatoms. The Hall–Kier alpha value is -3.74. The summed E-state index contributed by atoms with van der Waals surface area (Å²) in [5, 5.41) is 13.2. The smallest absolute Gasteiger partial charge is 0.335 e. The molecule has 0 aliphatic rings. The Balaban J connectivity index is 1.83. The number of carbonyl (C=O) groups excluding carboxylic acids is 1. The van der Waals surface area contributed by atoms with Gasteiger partial charge in [-0.1, -0.05) is 6.07 Å². The van der Waals surface area contributed by atoms with E-state index in [0.29, 0.717) is 5.56 Å². The molecule has 7 nitrogen and oxygen atoms in total. The molecule has 136 valence electrons. The van der Waals surface area contributed by atoms with Crippen molar-refractivity contribution in [1.82, 2.24) is 15.0 Å². The quantitative estimate of drug-likeness (QED) is 0.539. The predicted molar refractivity (Wildman–Crippen MR) is 101 cm³/mol. The Labute approximate surface area is 156 Å².